The van der Waals surface area contributed by atoms with Crippen LogP contribution < -0.4 is 0 Å². The maximum Gasteiger partial charge on any atom is 0.00555 e. The molecule has 0 N–H and O–H groups in total. The maximum atomic E-state index is 2.49. The van der Waals surface area contributed by atoms with Crippen LogP contribution in [0.25, 0.3) is 17.2 Å². The third kappa shape index (κ3) is 4.05. The molecule has 0 nitrogen and oxygen atoms in total. The van der Waals surface area contributed by atoms with Gasteiger partial charge in [-0.2, -0.15) is 0 Å². The van der Waals surface area contributed by atoms with Crippen LogP contribution >= 0.6 is 0 Å². The minimum absolute atomic E-state index is 0.175. The first-order chi connectivity index (χ1) is 15.4. The summed E-state index contributed by atoms with van der Waals surface area (Å²) in [5.41, 5.74) is 11.7. The molecule has 3 aliphatic rings. The molecule has 1 unspecified atom stereocenters. The van der Waals surface area contributed by atoms with Gasteiger partial charge < -0.3 is 0 Å². The van der Waals surface area contributed by atoms with Gasteiger partial charge in [0.05, 0.1) is 0 Å². The Kier molecular flexibility index (Phi) is 5.74. The molecule has 0 amide bonds. The summed E-state index contributed by atoms with van der Waals surface area (Å²) in [6.45, 7) is 9.24. The molecule has 0 aromatic heterocycles. The molecule has 0 radical (unpaired) electrons. The van der Waals surface area contributed by atoms with Crippen molar-refractivity contribution in [2.75, 3.05) is 0 Å². The van der Waals surface area contributed by atoms with Crippen LogP contribution in [0.4, 0.5) is 0 Å². The number of benzene rings is 2. The molecule has 0 bridgehead atoms. The van der Waals surface area contributed by atoms with E-state index in [-0.39, 0.29) is 5.41 Å². The quantitative estimate of drug-likeness (QED) is 0.461. The summed E-state index contributed by atoms with van der Waals surface area (Å²) in [5, 5.41) is 0. The average Bonchev–Trinajstić information content (AvgIpc) is 3.46. The van der Waals surface area contributed by atoms with Gasteiger partial charge in [0.25, 0.3) is 0 Å². The Hall–Kier alpha value is -2.34. The van der Waals surface area contributed by atoms with Gasteiger partial charge >= 0.3 is 0 Å². The van der Waals surface area contributed by atoms with Crippen LogP contribution in [0.15, 0.2) is 54.6 Å². The van der Waals surface area contributed by atoms with E-state index in [0.29, 0.717) is 5.92 Å². The molecule has 5 rings (SSSR count). The van der Waals surface area contributed by atoms with Crippen molar-refractivity contribution in [3.63, 3.8) is 0 Å². The molecule has 1 atom stereocenters. The van der Waals surface area contributed by atoms with Gasteiger partial charge in [-0.05, 0) is 87.6 Å². The van der Waals surface area contributed by atoms with Gasteiger partial charge in [-0.1, -0.05) is 102 Å². The number of fused-ring (bicyclic) bond motifs is 1. The predicted octanol–water partition coefficient (Wildman–Crippen LogP) is 9.11. The third-order valence-corrected chi connectivity index (χ3v) is 7.96. The predicted molar refractivity (Wildman–Crippen MR) is 140 cm³/mol. The van der Waals surface area contributed by atoms with Crippen molar-refractivity contribution in [1.29, 1.82) is 0 Å². The second kappa shape index (κ2) is 8.54. The normalized spacial score (nSPS) is 20.9. The minimum Gasteiger partial charge on any atom is -0.0761 e. The van der Waals surface area contributed by atoms with E-state index in [1.807, 2.05) is 0 Å². The second-order valence-electron chi connectivity index (χ2n) is 11.1. The molecule has 1 saturated carbocycles. The third-order valence-electron chi connectivity index (χ3n) is 7.96. The zero-order valence-corrected chi connectivity index (χ0v) is 20.4. The number of hydrogen-bond acceptors (Lipinski definition) is 0. The molecule has 0 heteroatoms. The molecule has 166 valence electrons. The lowest BCUT2D eigenvalue weighted by Gasteiger charge is -2.27. The summed E-state index contributed by atoms with van der Waals surface area (Å²) in [6.07, 6.45) is 18.9. The molecule has 2 aromatic carbocycles. The van der Waals surface area contributed by atoms with E-state index in [1.54, 1.807) is 5.56 Å². The van der Waals surface area contributed by atoms with Gasteiger partial charge in [0.15, 0.2) is 0 Å². The number of rotatable bonds is 4. The van der Waals surface area contributed by atoms with E-state index in [0.717, 1.165) is 18.8 Å². The monoisotopic (exact) mass is 422 g/mol. The Balaban J connectivity index is 1.39. The standard InChI is InChI=1S/C32H38/c1-5-22-11-12-27(21-31(22)32(2,3)4)25-14-13-24(19-25)26-15-17-30-28(20-26)16-18-29(30)23-9-7-6-8-10-23/h11-12,14-21,23,29H,5-10,13H2,1-4H3. The Bertz CT molecular complexity index is 1090. The van der Waals surface area contributed by atoms with Crippen molar-refractivity contribution in [3.8, 4) is 0 Å². The smallest absolute Gasteiger partial charge is 0.00555 e. The molecular weight excluding hydrogens is 384 g/mol. The van der Waals surface area contributed by atoms with Crippen molar-refractivity contribution in [2.45, 2.75) is 84.0 Å². The highest BCUT2D eigenvalue weighted by molar-refractivity contribution is 5.90. The summed E-state index contributed by atoms with van der Waals surface area (Å²) in [6, 6.07) is 14.3. The second-order valence-corrected chi connectivity index (χ2v) is 11.1. The van der Waals surface area contributed by atoms with E-state index in [9.17, 15) is 0 Å². The molecule has 32 heavy (non-hydrogen) atoms. The van der Waals surface area contributed by atoms with E-state index in [2.05, 4.69) is 88.4 Å². The summed E-state index contributed by atoms with van der Waals surface area (Å²) in [4.78, 5) is 0. The highest BCUT2D eigenvalue weighted by Gasteiger charge is 2.27. The fraction of sp³-hybridized carbons (Fsp3) is 0.438. The first kappa shape index (κ1) is 21.5. The van der Waals surface area contributed by atoms with Crippen LogP contribution in [0, 0.1) is 5.92 Å². The van der Waals surface area contributed by atoms with Crippen molar-refractivity contribution < 1.29 is 0 Å². The van der Waals surface area contributed by atoms with Crippen LogP contribution in [0.3, 0.4) is 0 Å². The fourth-order valence-corrected chi connectivity index (χ4v) is 6.13. The Morgan fingerprint density at radius 1 is 0.906 bits per heavy atom. The average molecular weight is 423 g/mol. The van der Waals surface area contributed by atoms with Gasteiger partial charge in [-0.15, -0.1) is 0 Å². The molecule has 2 aromatic rings. The zero-order chi connectivity index (χ0) is 22.3. The van der Waals surface area contributed by atoms with Crippen LogP contribution in [0.2, 0.25) is 0 Å². The topological polar surface area (TPSA) is 0 Å². The highest BCUT2D eigenvalue weighted by Crippen LogP contribution is 2.43. The minimum atomic E-state index is 0.175. The van der Waals surface area contributed by atoms with E-state index < -0.39 is 0 Å². The van der Waals surface area contributed by atoms with Gasteiger partial charge in [0.2, 0.25) is 0 Å². The van der Waals surface area contributed by atoms with Crippen molar-refractivity contribution in [3.05, 3.63) is 88.0 Å². The SMILES string of the molecule is CCc1ccc(C2=CCC(c3ccc4c(c3)C=CC4C3CCCCC3)=C2)cc1C(C)(C)C. The molecular formula is C32H38. The lowest BCUT2D eigenvalue weighted by atomic mass is 9.77. The van der Waals surface area contributed by atoms with Crippen molar-refractivity contribution >= 4 is 17.2 Å². The first-order valence-electron chi connectivity index (χ1n) is 12.8. The summed E-state index contributed by atoms with van der Waals surface area (Å²) in [5.74, 6) is 1.51. The largest absolute Gasteiger partial charge is 0.0761 e. The maximum absolute atomic E-state index is 2.49. The number of hydrogen-bond donors (Lipinski definition) is 0. The number of allylic oxidation sites excluding steroid dienone is 5. The Labute approximate surface area is 195 Å². The highest BCUT2D eigenvalue weighted by atomic mass is 14.3. The lowest BCUT2D eigenvalue weighted by Crippen LogP contribution is -2.14. The van der Waals surface area contributed by atoms with E-state index >= 15 is 0 Å². The molecule has 0 heterocycles. The molecule has 1 fully saturated rings. The molecule has 0 aliphatic heterocycles. The molecule has 3 aliphatic carbocycles. The zero-order valence-electron chi connectivity index (χ0n) is 20.4. The van der Waals surface area contributed by atoms with Crippen LogP contribution in [0.1, 0.15) is 106 Å². The van der Waals surface area contributed by atoms with Crippen molar-refractivity contribution in [1.82, 2.24) is 0 Å². The van der Waals surface area contributed by atoms with Crippen LogP contribution in [-0.2, 0) is 11.8 Å². The van der Waals surface area contributed by atoms with Crippen molar-refractivity contribution in [2.24, 2.45) is 5.92 Å². The fourth-order valence-electron chi connectivity index (χ4n) is 6.13. The molecule has 0 spiro atoms. The lowest BCUT2D eigenvalue weighted by molar-refractivity contribution is 0.334. The number of aryl methyl sites for hydroxylation is 1. The Morgan fingerprint density at radius 3 is 2.44 bits per heavy atom. The first-order valence-corrected chi connectivity index (χ1v) is 12.8. The van der Waals surface area contributed by atoms with E-state index in [4.69, 9.17) is 0 Å². The summed E-state index contributed by atoms with van der Waals surface area (Å²) < 4.78 is 0. The van der Waals surface area contributed by atoms with Gasteiger partial charge in [0, 0.05) is 5.92 Å². The van der Waals surface area contributed by atoms with Crippen LogP contribution in [-0.4, -0.2) is 0 Å². The summed E-state index contributed by atoms with van der Waals surface area (Å²) in [7, 11) is 0. The van der Waals surface area contributed by atoms with Gasteiger partial charge in [-0.3, -0.25) is 0 Å². The Morgan fingerprint density at radius 2 is 1.69 bits per heavy atom. The van der Waals surface area contributed by atoms with Gasteiger partial charge in [0.1, 0.15) is 0 Å². The van der Waals surface area contributed by atoms with Crippen LogP contribution in [0.5, 0.6) is 0 Å². The van der Waals surface area contributed by atoms with Gasteiger partial charge in [-0.25, -0.2) is 0 Å². The van der Waals surface area contributed by atoms with E-state index in [1.165, 1.54) is 71.1 Å². The molecule has 0 saturated heterocycles. The summed E-state index contributed by atoms with van der Waals surface area (Å²) >= 11 is 0.